The van der Waals surface area contributed by atoms with Gasteiger partial charge in [0, 0.05) is 19.8 Å². The number of likely N-dealkylation sites (N-methyl/N-ethyl adjacent to an activating group) is 1. The first-order chi connectivity index (χ1) is 8.75. The van der Waals surface area contributed by atoms with Gasteiger partial charge < -0.3 is 10.2 Å². The van der Waals surface area contributed by atoms with E-state index >= 15 is 0 Å². The van der Waals surface area contributed by atoms with Gasteiger partial charge in [0.2, 0.25) is 5.91 Å². The van der Waals surface area contributed by atoms with Gasteiger partial charge in [-0.2, -0.15) is 13.2 Å². The van der Waals surface area contributed by atoms with Crippen LogP contribution in [0, 0.1) is 0 Å². The van der Waals surface area contributed by atoms with E-state index in [1.54, 1.807) is 14.0 Å². The highest BCUT2D eigenvalue weighted by Crippen LogP contribution is 2.28. The van der Waals surface area contributed by atoms with Gasteiger partial charge in [-0.05, 0) is 26.0 Å². The fraction of sp³-hybridized carbons (Fsp3) is 0.500. The van der Waals surface area contributed by atoms with Crippen LogP contribution in [-0.2, 0) is 11.0 Å². The number of aromatic nitrogens is 1. The minimum absolute atomic E-state index is 0.149. The summed E-state index contributed by atoms with van der Waals surface area (Å²) in [5, 5.41) is 2.77. The zero-order valence-electron chi connectivity index (χ0n) is 11.0. The third kappa shape index (κ3) is 4.11. The fourth-order valence-electron chi connectivity index (χ4n) is 1.42. The Hall–Kier alpha value is -1.79. The summed E-state index contributed by atoms with van der Waals surface area (Å²) in [4.78, 5) is 16.9. The largest absolute Gasteiger partial charge is 0.417 e. The Bertz CT molecular complexity index is 431. The van der Waals surface area contributed by atoms with Gasteiger partial charge in [-0.3, -0.25) is 4.79 Å². The summed E-state index contributed by atoms with van der Waals surface area (Å²) in [6.07, 6.45) is -3.67. The molecule has 0 spiro atoms. The lowest BCUT2D eigenvalue weighted by Gasteiger charge is -2.21. The van der Waals surface area contributed by atoms with Crippen LogP contribution in [0.15, 0.2) is 18.3 Å². The molecule has 0 aromatic carbocycles. The summed E-state index contributed by atoms with van der Waals surface area (Å²) in [5.74, 6) is 0.0857. The molecule has 1 rings (SSSR count). The zero-order chi connectivity index (χ0) is 14.6. The Morgan fingerprint density at radius 1 is 1.47 bits per heavy atom. The van der Waals surface area contributed by atoms with E-state index in [1.807, 2.05) is 6.92 Å². The number of hydrogen-bond donors (Lipinski definition) is 1. The molecule has 0 aliphatic carbocycles. The highest BCUT2D eigenvalue weighted by molar-refractivity contribution is 5.83. The first kappa shape index (κ1) is 15.3. The second kappa shape index (κ2) is 5.90. The maximum Gasteiger partial charge on any atom is 0.417 e. The number of pyridine rings is 1. The minimum atomic E-state index is -4.41. The van der Waals surface area contributed by atoms with E-state index in [-0.39, 0.29) is 11.7 Å². The Labute approximate surface area is 109 Å². The number of halogens is 3. The lowest BCUT2D eigenvalue weighted by molar-refractivity contribution is -0.137. The van der Waals surface area contributed by atoms with E-state index in [1.165, 1.54) is 11.0 Å². The van der Waals surface area contributed by atoms with Crippen LogP contribution in [0.4, 0.5) is 19.0 Å². The Balaban J connectivity index is 2.71. The van der Waals surface area contributed by atoms with E-state index in [0.29, 0.717) is 6.54 Å². The summed E-state index contributed by atoms with van der Waals surface area (Å²) < 4.78 is 37.0. The molecule has 0 saturated carbocycles. The van der Waals surface area contributed by atoms with Gasteiger partial charge in [-0.1, -0.05) is 0 Å². The SMILES string of the molecule is CCN(C)C(=O)C(C)Nc1ccc(C(F)(F)F)cn1. The number of amides is 1. The molecule has 0 fully saturated rings. The number of nitrogens with one attached hydrogen (secondary N) is 1. The van der Waals surface area contributed by atoms with Gasteiger partial charge in [-0.25, -0.2) is 4.98 Å². The van der Waals surface area contributed by atoms with Gasteiger partial charge in [0.25, 0.3) is 0 Å². The smallest absolute Gasteiger partial charge is 0.359 e. The highest BCUT2D eigenvalue weighted by Gasteiger charge is 2.30. The Kier molecular flexibility index (Phi) is 4.74. The number of carbonyl (C=O) groups excluding carboxylic acids is 1. The van der Waals surface area contributed by atoms with Gasteiger partial charge in [0.15, 0.2) is 0 Å². The van der Waals surface area contributed by atoms with Crippen molar-refractivity contribution >= 4 is 11.7 Å². The van der Waals surface area contributed by atoms with Crippen molar-refractivity contribution in [2.75, 3.05) is 18.9 Å². The molecule has 19 heavy (non-hydrogen) atoms. The lowest BCUT2D eigenvalue weighted by Crippen LogP contribution is -2.39. The van der Waals surface area contributed by atoms with E-state index in [2.05, 4.69) is 10.3 Å². The van der Waals surface area contributed by atoms with Crippen molar-refractivity contribution < 1.29 is 18.0 Å². The van der Waals surface area contributed by atoms with Crippen molar-refractivity contribution in [3.63, 3.8) is 0 Å². The molecule has 1 unspecified atom stereocenters. The molecule has 0 aliphatic heterocycles. The molecular formula is C12H16F3N3O. The summed E-state index contributed by atoms with van der Waals surface area (Å²) in [6.45, 7) is 4.03. The number of rotatable bonds is 4. The summed E-state index contributed by atoms with van der Waals surface area (Å²) >= 11 is 0. The van der Waals surface area contributed by atoms with Gasteiger partial charge in [-0.15, -0.1) is 0 Å². The number of anilines is 1. The molecule has 7 heteroatoms. The molecule has 0 aliphatic rings. The average molecular weight is 275 g/mol. The van der Waals surface area contributed by atoms with Crippen LogP contribution < -0.4 is 5.32 Å². The van der Waals surface area contributed by atoms with E-state index < -0.39 is 17.8 Å². The number of alkyl halides is 3. The van der Waals surface area contributed by atoms with Crippen LogP contribution in [0.25, 0.3) is 0 Å². The average Bonchev–Trinajstić information content (AvgIpc) is 2.36. The third-order valence-electron chi connectivity index (χ3n) is 2.68. The van der Waals surface area contributed by atoms with Crippen molar-refractivity contribution in [2.24, 2.45) is 0 Å². The van der Waals surface area contributed by atoms with E-state index in [9.17, 15) is 18.0 Å². The summed E-state index contributed by atoms with van der Waals surface area (Å²) in [5.41, 5.74) is -0.817. The molecule has 0 saturated heterocycles. The molecule has 1 aromatic rings. The van der Waals surface area contributed by atoms with E-state index in [4.69, 9.17) is 0 Å². The quantitative estimate of drug-likeness (QED) is 0.917. The summed E-state index contributed by atoms with van der Waals surface area (Å²) in [7, 11) is 1.65. The minimum Gasteiger partial charge on any atom is -0.359 e. The molecular weight excluding hydrogens is 259 g/mol. The third-order valence-corrected chi connectivity index (χ3v) is 2.68. The number of nitrogens with zero attached hydrogens (tertiary/aromatic N) is 2. The molecule has 106 valence electrons. The maximum absolute atomic E-state index is 12.3. The monoisotopic (exact) mass is 275 g/mol. The second-order valence-electron chi connectivity index (χ2n) is 4.15. The van der Waals surface area contributed by atoms with Crippen molar-refractivity contribution in [1.82, 2.24) is 9.88 Å². The highest BCUT2D eigenvalue weighted by atomic mass is 19.4. The number of hydrogen-bond acceptors (Lipinski definition) is 3. The van der Waals surface area contributed by atoms with Crippen LogP contribution in [0.1, 0.15) is 19.4 Å². The topological polar surface area (TPSA) is 45.2 Å². The lowest BCUT2D eigenvalue weighted by atomic mass is 10.2. The molecule has 1 aromatic heterocycles. The molecule has 0 radical (unpaired) electrons. The fourth-order valence-corrected chi connectivity index (χ4v) is 1.42. The standard InChI is InChI=1S/C12H16F3N3O/c1-4-18(3)11(19)8(2)17-10-6-5-9(7-16-10)12(13,14)15/h5-8H,4H2,1-3H3,(H,16,17). The van der Waals surface area contributed by atoms with Crippen molar-refractivity contribution in [3.8, 4) is 0 Å². The normalized spacial score (nSPS) is 12.9. The molecule has 1 amide bonds. The predicted molar refractivity (Wildman–Crippen MR) is 65.6 cm³/mol. The van der Waals surface area contributed by atoms with Crippen LogP contribution in [-0.4, -0.2) is 35.4 Å². The van der Waals surface area contributed by atoms with Crippen LogP contribution in [0.3, 0.4) is 0 Å². The molecule has 1 N–H and O–H groups in total. The first-order valence-electron chi connectivity index (χ1n) is 5.80. The Morgan fingerprint density at radius 3 is 2.53 bits per heavy atom. The molecule has 0 bridgehead atoms. The number of carbonyl (C=O) groups is 1. The van der Waals surface area contributed by atoms with Crippen LogP contribution >= 0.6 is 0 Å². The zero-order valence-corrected chi connectivity index (χ0v) is 11.0. The van der Waals surface area contributed by atoms with Crippen LogP contribution in [0.2, 0.25) is 0 Å². The molecule has 1 atom stereocenters. The maximum atomic E-state index is 12.3. The van der Waals surface area contributed by atoms with Gasteiger partial charge in [0.05, 0.1) is 5.56 Å². The summed E-state index contributed by atoms with van der Waals surface area (Å²) in [6, 6.07) is 1.59. The Morgan fingerprint density at radius 2 is 2.11 bits per heavy atom. The first-order valence-corrected chi connectivity index (χ1v) is 5.80. The van der Waals surface area contributed by atoms with Crippen molar-refractivity contribution in [3.05, 3.63) is 23.9 Å². The molecule has 1 heterocycles. The van der Waals surface area contributed by atoms with Gasteiger partial charge in [0.1, 0.15) is 11.9 Å². The van der Waals surface area contributed by atoms with Gasteiger partial charge >= 0.3 is 6.18 Å². The van der Waals surface area contributed by atoms with Crippen molar-refractivity contribution in [1.29, 1.82) is 0 Å². The predicted octanol–water partition coefficient (Wildman–Crippen LogP) is 2.38. The van der Waals surface area contributed by atoms with Crippen molar-refractivity contribution in [2.45, 2.75) is 26.1 Å². The van der Waals surface area contributed by atoms with E-state index in [0.717, 1.165) is 12.3 Å². The molecule has 4 nitrogen and oxygen atoms in total. The second-order valence-corrected chi connectivity index (χ2v) is 4.15. The van der Waals surface area contributed by atoms with Crippen LogP contribution in [0.5, 0.6) is 0 Å².